The first-order chi connectivity index (χ1) is 25.8. The number of para-hydroxylation sites is 1. The zero-order valence-corrected chi connectivity index (χ0v) is 29.1. The Hall–Kier alpha value is -6.36. The SMILES string of the molecule is B1c2c(-c3ccc4ccccc4c3Nc3ccc(-c4ccccc4)cc3)cc(-c3ccccc3)cc2-n2c3c1cccc3c1sc3ccccc3c12. The van der Waals surface area contributed by atoms with Crippen LogP contribution in [-0.2, 0) is 0 Å². The van der Waals surface area contributed by atoms with Gasteiger partial charge in [-0.05, 0) is 69.0 Å². The van der Waals surface area contributed by atoms with Crippen molar-refractivity contribution in [2.45, 2.75) is 0 Å². The summed E-state index contributed by atoms with van der Waals surface area (Å²) in [6.45, 7) is 0. The number of nitrogens with zero attached hydrogens (tertiary/aromatic N) is 1. The van der Waals surface area contributed by atoms with Gasteiger partial charge in [0.25, 0.3) is 0 Å². The molecule has 2 aromatic heterocycles. The Labute approximate surface area is 306 Å². The van der Waals surface area contributed by atoms with Gasteiger partial charge in [-0.25, -0.2) is 0 Å². The second-order valence-electron chi connectivity index (χ2n) is 13.8. The van der Waals surface area contributed by atoms with Gasteiger partial charge in [0.15, 0.2) is 7.28 Å². The van der Waals surface area contributed by atoms with E-state index in [2.05, 4.69) is 186 Å². The molecule has 0 radical (unpaired) electrons. The topological polar surface area (TPSA) is 17.0 Å². The average molecular weight is 679 g/mol. The molecule has 1 aliphatic rings. The summed E-state index contributed by atoms with van der Waals surface area (Å²) in [4.78, 5) is 0. The number of anilines is 2. The summed E-state index contributed by atoms with van der Waals surface area (Å²) >= 11 is 1.91. The smallest absolute Gasteiger partial charge is 0.198 e. The third-order valence-electron chi connectivity index (χ3n) is 10.8. The van der Waals surface area contributed by atoms with Crippen LogP contribution in [0.3, 0.4) is 0 Å². The fourth-order valence-corrected chi connectivity index (χ4v) is 9.61. The molecule has 11 rings (SSSR count). The fourth-order valence-electron chi connectivity index (χ4n) is 8.39. The zero-order valence-electron chi connectivity index (χ0n) is 28.3. The van der Waals surface area contributed by atoms with Crippen molar-refractivity contribution < 1.29 is 0 Å². The number of rotatable bonds is 5. The maximum Gasteiger partial charge on any atom is 0.198 e. The van der Waals surface area contributed by atoms with E-state index in [9.17, 15) is 0 Å². The molecular weight excluding hydrogens is 647 g/mol. The molecule has 0 fully saturated rings. The second kappa shape index (κ2) is 11.6. The Kier molecular flexibility index (Phi) is 6.55. The van der Waals surface area contributed by atoms with Gasteiger partial charge in [0.2, 0.25) is 0 Å². The Morgan fingerprint density at radius 3 is 1.96 bits per heavy atom. The van der Waals surface area contributed by atoms with Crippen molar-refractivity contribution in [3.05, 3.63) is 176 Å². The van der Waals surface area contributed by atoms with Crippen LogP contribution in [0.1, 0.15) is 0 Å². The highest BCUT2D eigenvalue weighted by Crippen LogP contribution is 2.45. The molecule has 1 aliphatic heterocycles. The van der Waals surface area contributed by atoms with Gasteiger partial charge >= 0.3 is 0 Å². The van der Waals surface area contributed by atoms with E-state index >= 15 is 0 Å². The van der Waals surface area contributed by atoms with Crippen LogP contribution in [0.15, 0.2) is 176 Å². The summed E-state index contributed by atoms with van der Waals surface area (Å²) in [5.41, 5.74) is 16.2. The largest absolute Gasteiger partial charge is 0.355 e. The number of benzene rings is 8. The van der Waals surface area contributed by atoms with Crippen molar-refractivity contribution in [1.29, 1.82) is 0 Å². The minimum absolute atomic E-state index is 0.865. The summed E-state index contributed by atoms with van der Waals surface area (Å²) < 4.78 is 5.28. The van der Waals surface area contributed by atoms with Crippen LogP contribution in [0.2, 0.25) is 0 Å². The van der Waals surface area contributed by atoms with Crippen molar-refractivity contribution in [1.82, 2.24) is 4.57 Å². The van der Waals surface area contributed by atoms with Gasteiger partial charge in [-0.2, -0.15) is 0 Å². The van der Waals surface area contributed by atoms with E-state index in [1.807, 2.05) is 11.3 Å². The maximum atomic E-state index is 3.94. The highest BCUT2D eigenvalue weighted by molar-refractivity contribution is 7.26. The van der Waals surface area contributed by atoms with Gasteiger partial charge in [-0.3, -0.25) is 0 Å². The Morgan fingerprint density at radius 1 is 0.481 bits per heavy atom. The first kappa shape index (κ1) is 29.4. The summed E-state index contributed by atoms with van der Waals surface area (Å²) in [6, 6.07) is 64.3. The van der Waals surface area contributed by atoms with Crippen molar-refractivity contribution >= 4 is 82.9 Å². The van der Waals surface area contributed by atoms with Gasteiger partial charge in [-0.1, -0.05) is 151 Å². The minimum atomic E-state index is 0.865. The molecule has 242 valence electrons. The normalized spacial score (nSPS) is 12.0. The highest BCUT2D eigenvalue weighted by atomic mass is 32.1. The van der Waals surface area contributed by atoms with E-state index in [1.54, 1.807) is 0 Å². The summed E-state index contributed by atoms with van der Waals surface area (Å²) in [5, 5.41) is 9.02. The molecule has 0 spiro atoms. The molecule has 0 atom stereocenters. The van der Waals surface area contributed by atoms with Crippen molar-refractivity contribution in [3.63, 3.8) is 0 Å². The predicted molar refractivity (Wildman–Crippen MR) is 226 cm³/mol. The van der Waals surface area contributed by atoms with E-state index in [0.29, 0.717) is 0 Å². The van der Waals surface area contributed by atoms with Crippen LogP contribution in [0.25, 0.3) is 81.0 Å². The molecule has 0 bridgehead atoms. The molecule has 0 amide bonds. The van der Waals surface area contributed by atoms with Crippen LogP contribution in [0, 0.1) is 0 Å². The molecule has 0 aliphatic carbocycles. The monoisotopic (exact) mass is 678 g/mol. The van der Waals surface area contributed by atoms with Gasteiger partial charge in [0.05, 0.1) is 15.9 Å². The van der Waals surface area contributed by atoms with Crippen molar-refractivity contribution in [2.75, 3.05) is 5.32 Å². The molecule has 0 saturated heterocycles. The molecule has 52 heavy (non-hydrogen) atoms. The lowest BCUT2D eigenvalue weighted by Crippen LogP contribution is -2.37. The van der Waals surface area contributed by atoms with Crippen LogP contribution < -0.4 is 16.2 Å². The first-order valence-corrected chi connectivity index (χ1v) is 18.7. The number of aromatic nitrogens is 1. The third kappa shape index (κ3) is 4.51. The standard InChI is InChI=1S/C48H31BN2S/c1-3-12-30(13-4-1)32-22-25-35(26-23-32)50-45-36-17-8-7-16-33(36)24-27-37(45)40-28-34(31-14-5-2-6-15-31)29-42-44(40)49-41-20-11-19-39-46(41)51(42)47-38-18-9-10-21-43(38)52-48(39)47/h1-29,49-50H. The lowest BCUT2D eigenvalue weighted by molar-refractivity contribution is 1.20. The number of fused-ring (bicyclic) bond motifs is 8. The van der Waals surface area contributed by atoms with E-state index < -0.39 is 0 Å². The summed E-state index contributed by atoms with van der Waals surface area (Å²) in [5.74, 6) is 0. The van der Waals surface area contributed by atoms with E-state index in [1.165, 1.54) is 92.0 Å². The fraction of sp³-hybridized carbons (Fsp3) is 0. The molecule has 1 N–H and O–H groups in total. The lowest BCUT2D eigenvalue weighted by Gasteiger charge is -2.26. The molecule has 10 aromatic rings. The first-order valence-electron chi connectivity index (χ1n) is 17.9. The summed E-state index contributed by atoms with van der Waals surface area (Å²) in [6.07, 6.45) is 0. The molecule has 3 heterocycles. The zero-order chi connectivity index (χ0) is 34.2. The van der Waals surface area contributed by atoms with E-state index in [-0.39, 0.29) is 0 Å². The molecule has 0 saturated carbocycles. The number of hydrogen-bond donors (Lipinski definition) is 1. The number of thiophene rings is 1. The Bertz CT molecular complexity index is 2990. The molecule has 8 aromatic carbocycles. The van der Waals surface area contributed by atoms with Gasteiger partial charge in [-0.15, -0.1) is 11.3 Å². The third-order valence-corrected chi connectivity index (χ3v) is 12.0. The highest BCUT2D eigenvalue weighted by Gasteiger charge is 2.29. The molecular formula is C48H31BN2S. The van der Waals surface area contributed by atoms with Crippen molar-refractivity contribution in [2.24, 2.45) is 0 Å². The van der Waals surface area contributed by atoms with Crippen LogP contribution in [0.4, 0.5) is 11.4 Å². The quantitative estimate of drug-likeness (QED) is 0.179. The minimum Gasteiger partial charge on any atom is -0.355 e. The number of hydrogen-bond acceptors (Lipinski definition) is 2. The Balaban J connectivity index is 1.18. The van der Waals surface area contributed by atoms with Crippen LogP contribution >= 0.6 is 11.3 Å². The maximum absolute atomic E-state index is 3.94. The number of nitrogens with one attached hydrogen (secondary N) is 1. The van der Waals surface area contributed by atoms with E-state index in [0.717, 1.165) is 18.7 Å². The van der Waals surface area contributed by atoms with Gasteiger partial charge in [0.1, 0.15) is 0 Å². The predicted octanol–water partition coefficient (Wildman–Crippen LogP) is 11.6. The average Bonchev–Trinajstić information content (AvgIpc) is 3.75. The molecule has 0 unspecified atom stereocenters. The Morgan fingerprint density at radius 2 is 1.15 bits per heavy atom. The second-order valence-corrected chi connectivity index (χ2v) is 14.8. The summed E-state index contributed by atoms with van der Waals surface area (Å²) in [7, 11) is 0.865. The van der Waals surface area contributed by atoms with Crippen LogP contribution in [0.5, 0.6) is 0 Å². The van der Waals surface area contributed by atoms with Gasteiger partial charge in [0, 0.05) is 43.3 Å². The van der Waals surface area contributed by atoms with Crippen LogP contribution in [-0.4, -0.2) is 11.8 Å². The van der Waals surface area contributed by atoms with E-state index in [4.69, 9.17) is 0 Å². The molecule has 2 nitrogen and oxygen atoms in total. The molecule has 4 heteroatoms. The van der Waals surface area contributed by atoms with Gasteiger partial charge < -0.3 is 9.88 Å². The lowest BCUT2D eigenvalue weighted by atomic mass is 9.58. The van der Waals surface area contributed by atoms with Crippen molar-refractivity contribution in [3.8, 4) is 39.1 Å².